The average molecular weight is 629 g/mol. The number of para-hydroxylation sites is 3. The smallest absolute Gasteiger partial charge is 0.130 e. The molecule has 4 aliphatic carbocycles. The molecule has 4 aromatic rings. The van der Waals surface area contributed by atoms with Crippen molar-refractivity contribution in [1.82, 2.24) is 4.57 Å². The van der Waals surface area contributed by atoms with Gasteiger partial charge in [-0.15, -0.1) is 0 Å². The fourth-order valence-corrected chi connectivity index (χ4v) is 13.0. The van der Waals surface area contributed by atoms with Gasteiger partial charge in [0.05, 0.1) is 25.5 Å². The van der Waals surface area contributed by atoms with Crippen LogP contribution in [0.4, 0.5) is 5.69 Å². The van der Waals surface area contributed by atoms with Crippen molar-refractivity contribution in [2.24, 2.45) is 5.92 Å². The van der Waals surface area contributed by atoms with Crippen LogP contribution in [0.2, 0.25) is 12.1 Å². The van der Waals surface area contributed by atoms with Gasteiger partial charge in [-0.25, -0.2) is 0 Å². The lowest BCUT2D eigenvalue weighted by molar-refractivity contribution is 0.402. The fraction of sp³-hybridized carbons (Fsp3) is 0.256. The molecule has 4 heteroatoms. The normalized spacial score (nSPS) is 25.8. The summed E-state index contributed by atoms with van der Waals surface area (Å²) >= 11 is 0. The van der Waals surface area contributed by atoms with Crippen LogP contribution in [0.3, 0.4) is 0 Å². The number of rotatable bonds is 4. The largest absolute Gasteiger partial charge is 0.460 e. The second-order valence-corrected chi connectivity index (χ2v) is 17.1. The van der Waals surface area contributed by atoms with Gasteiger partial charge in [0.25, 0.3) is 0 Å². The molecule has 1 saturated heterocycles. The van der Waals surface area contributed by atoms with Crippen molar-refractivity contribution in [1.29, 1.82) is 0 Å². The standard InChI is InChI=1S/C43H40N2OSi/c1-47-39-26-25-34-32-18-9-11-22-38(32)46-43(34)41(39)35-24-23-30(27-40(35)47)44(28-13-4-2-5-14-28)37-21-12-19-33-31-17-8-10-20-36(31)45(42(33)37)29-15-6-3-7-16-29/h2-4,6,8-13,15,17-22,26-27,34-35,40,47H,5,7,14,16,23-25H2,1H3. The summed E-state index contributed by atoms with van der Waals surface area (Å²) in [5.74, 6) is 3.33. The van der Waals surface area contributed by atoms with Crippen molar-refractivity contribution in [3.8, 4) is 5.75 Å². The van der Waals surface area contributed by atoms with Gasteiger partial charge in [0, 0.05) is 39.3 Å². The maximum Gasteiger partial charge on any atom is 0.130 e. The maximum absolute atomic E-state index is 6.71. The highest BCUT2D eigenvalue weighted by Gasteiger charge is 2.49. The molecule has 0 radical (unpaired) electrons. The summed E-state index contributed by atoms with van der Waals surface area (Å²) in [6.07, 6.45) is 26.8. The minimum absolute atomic E-state index is 0.398. The molecule has 2 aliphatic heterocycles. The third-order valence-electron chi connectivity index (χ3n) is 11.7. The highest BCUT2D eigenvalue weighted by Crippen LogP contribution is 2.58. The van der Waals surface area contributed by atoms with E-state index < -0.39 is 8.80 Å². The van der Waals surface area contributed by atoms with E-state index in [-0.39, 0.29) is 0 Å². The molecule has 10 rings (SSSR count). The van der Waals surface area contributed by atoms with Crippen molar-refractivity contribution in [2.75, 3.05) is 4.90 Å². The third kappa shape index (κ3) is 4.10. The molecule has 4 unspecified atom stereocenters. The van der Waals surface area contributed by atoms with Gasteiger partial charge in [0.2, 0.25) is 0 Å². The van der Waals surface area contributed by atoms with Crippen LogP contribution in [0, 0.1) is 5.92 Å². The Hall–Kier alpha value is -4.54. The van der Waals surface area contributed by atoms with Crippen molar-refractivity contribution < 1.29 is 4.74 Å². The highest BCUT2D eigenvalue weighted by molar-refractivity contribution is 6.70. The predicted molar refractivity (Wildman–Crippen MR) is 198 cm³/mol. The van der Waals surface area contributed by atoms with Gasteiger partial charge in [0.15, 0.2) is 0 Å². The summed E-state index contributed by atoms with van der Waals surface area (Å²) in [5.41, 5.74) is 11.8. The van der Waals surface area contributed by atoms with E-state index in [1.807, 2.05) is 0 Å². The molecule has 47 heavy (non-hydrogen) atoms. The van der Waals surface area contributed by atoms with Crippen LogP contribution in [0.15, 0.2) is 143 Å². The second kappa shape index (κ2) is 10.7. The lowest BCUT2D eigenvalue weighted by Gasteiger charge is -2.37. The summed E-state index contributed by atoms with van der Waals surface area (Å²) in [5, 5.41) is 4.36. The molecule has 1 fully saturated rings. The summed E-state index contributed by atoms with van der Waals surface area (Å²) in [6, 6.07) is 24.7. The number of allylic oxidation sites excluding steroid dienone is 14. The Morgan fingerprint density at radius 1 is 0.830 bits per heavy atom. The molecule has 0 N–H and O–H groups in total. The lowest BCUT2D eigenvalue weighted by Crippen LogP contribution is -2.28. The van der Waals surface area contributed by atoms with E-state index >= 15 is 0 Å². The second-order valence-electron chi connectivity index (χ2n) is 14.1. The first-order valence-corrected chi connectivity index (χ1v) is 20.1. The summed E-state index contributed by atoms with van der Waals surface area (Å²) < 4.78 is 9.29. The number of fused-ring (bicyclic) bond motifs is 9. The van der Waals surface area contributed by atoms with Crippen LogP contribution in [-0.4, -0.2) is 13.4 Å². The number of hydrogen-bond acceptors (Lipinski definition) is 2. The maximum atomic E-state index is 6.71. The quantitative estimate of drug-likeness (QED) is 0.209. The first-order chi connectivity index (χ1) is 23.3. The van der Waals surface area contributed by atoms with Crippen LogP contribution in [-0.2, 0) is 0 Å². The molecule has 3 nitrogen and oxygen atoms in total. The Labute approximate surface area is 278 Å². The first kappa shape index (κ1) is 27.6. The van der Waals surface area contributed by atoms with E-state index in [2.05, 4.69) is 131 Å². The minimum Gasteiger partial charge on any atom is -0.460 e. The molecule has 3 aromatic carbocycles. The van der Waals surface area contributed by atoms with E-state index in [1.165, 1.54) is 62.3 Å². The van der Waals surface area contributed by atoms with Gasteiger partial charge in [-0.05, 0) is 92.3 Å². The Morgan fingerprint density at radius 3 is 2.53 bits per heavy atom. The molecular formula is C43H40N2OSi. The molecule has 4 atom stereocenters. The summed E-state index contributed by atoms with van der Waals surface area (Å²) in [4.78, 5) is 2.69. The van der Waals surface area contributed by atoms with E-state index in [0.717, 1.165) is 44.3 Å². The van der Waals surface area contributed by atoms with Gasteiger partial charge in [-0.2, -0.15) is 0 Å². The number of anilines is 1. The van der Waals surface area contributed by atoms with Gasteiger partial charge in [-0.3, -0.25) is 0 Å². The monoisotopic (exact) mass is 628 g/mol. The number of aromatic nitrogens is 1. The zero-order chi connectivity index (χ0) is 31.1. The van der Waals surface area contributed by atoms with E-state index in [9.17, 15) is 0 Å². The topological polar surface area (TPSA) is 17.4 Å². The average Bonchev–Trinajstić information content (AvgIpc) is 3.77. The van der Waals surface area contributed by atoms with Gasteiger partial charge in [0.1, 0.15) is 11.5 Å². The summed E-state index contributed by atoms with van der Waals surface area (Å²) in [7, 11) is -1.24. The SMILES string of the molecule is C[SiH]1C2=CCC3C(=C2C2CCC(N(C4=CC=CCC4)c4cccc5c6ccccc6n(C6=CC=CCC6)c45)=CC21)Oc1ccccc13. The number of benzene rings is 3. The van der Waals surface area contributed by atoms with Crippen LogP contribution in [0.5, 0.6) is 5.75 Å². The van der Waals surface area contributed by atoms with E-state index in [0.29, 0.717) is 17.4 Å². The van der Waals surface area contributed by atoms with Gasteiger partial charge < -0.3 is 14.2 Å². The van der Waals surface area contributed by atoms with E-state index in [4.69, 9.17) is 4.74 Å². The van der Waals surface area contributed by atoms with Crippen molar-refractivity contribution in [2.45, 2.75) is 63.0 Å². The molecule has 0 amide bonds. The Kier molecular flexibility index (Phi) is 6.30. The molecule has 6 aliphatic rings. The van der Waals surface area contributed by atoms with Crippen molar-refractivity contribution >= 4 is 42.0 Å². The molecule has 0 saturated carbocycles. The van der Waals surface area contributed by atoms with Crippen LogP contribution in [0.1, 0.15) is 56.4 Å². The third-order valence-corrected chi connectivity index (χ3v) is 15.1. The number of hydrogen-bond donors (Lipinski definition) is 0. The zero-order valence-corrected chi connectivity index (χ0v) is 28.2. The van der Waals surface area contributed by atoms with Crippen LogP contribution in [0.25, 0.3) is 27.5 Å². The zero-order valence-electron chi connectivity index (χ0n) is 27.0. The Balaban J connectivity index is 1.14. The molecular weight excluding hydrogens is 589 g/mol. The van der Waals surface area contributed by atoms with E-state index in [1.54, 1.807) is 10.8 Å². The first-order valence-electron chi connectivity index (χ1n) is 17.7. The summed E-state index contributed by atoms with van der Waals surface area (Å²) in [6.45, 7) is 2.60. The fourth-order valence-electron chi connectivity index (χ4n) is 9.66. The molecule has 232 valence electrons. The predicted octanol–water partition coefficient (Wildman–Crippen LogP) is 10.9. The van der Waals surface area contributed by atoms with Gasteiger partial charge >= 0.3 is 0 Å². The number of nitrogens with zero attached hydrogens (tertiary/aromatic N) is 2. The van der Waals surface area contributed by atoms with Crippen molar-refractivity contribution in [3.05, 3.63) is 149 Å². The van der Waals surface area contributed by atoms with Crippen LogP contribution >= 0.6 is 0 Å². The molecule has 0 bridgehead atoms. The highest BCUT2D eigenvalue weighted by atomic mass is 28.3. The molecule has 0 spiro atoms. The molecule has 1 aromatic heterocycles. The van der Waals surface area contributed by atoms with Crippen molar-refractivity contribution in [3.63, 3.8) is 0 Å². The van der Waals surface area contributed by atoms with Crippen LogP contribution < -0.4 is 9.64 Å². The van der Waals surface area contributed by atoms with Gasteiger partial charge in [-0.1, -0.05) is 96.7 Å². The Morgan fingerprint density at radius 2 is 1.66 bits per heavy atom. The lowest BCUT2D eigenvalue weighted by atomic mass is 9.79. The minimum atomic E-state index is -1.24. The number of ether oxygens (including phenoxy) is 1. The Bertz CT molecular complexity index is 2200. The molecule has 3 heterocycles.